The summed E-state index contributed by atoms with van der Waals surface area (Å²) in [4.78, 5) is 17.2. The van der Waals surface area contributed by atoms with E-state index in [1.165, 1.54) is 0 Å². The average molecular weight is 235 g/mol. The van der Waals surface area contributed by atoms with Gasteiger partial charge in [-0.3, -0.25) is 9.78 Å². The number of anilines is 1. The summed E-state index contributed by atoms with van der Waals surface area (Å²) in [6.07, 6.45) is 3.56. The van der Waals surface area contributed by atoms with Crippen LogP contribution in [-0.4, -0.2) is 35.7 Å². The van der Waals surface area contributed by atoms with Crippen LogP contribution in [0.2, 0.25) is 0 Å². The van der Waals surface area contributed by atoms with E-state index in [0.29, 0.717) is 11.6 Å². The standard InChI is InChI=1S/C12H17N3O2/c13-12(17)11-7-10(1-4-14-11)15-5-2-9(8-16)3-6-15/h1,4,7,9,16H,2-3,5-6,8H2,(H2,13,17). The Hall–Kier alpha value is -1.62. The Morgan fingerprint density at radius 2 is 2.24 bits per heavy atom. The highest BCUT2D eigenvalue weighted by molar-refractivity contribution is 5.91. The van der Waals surface area contributed by atoms with Crippen molar-refractivity contribution in [1.29, 1.82) is 0 Å². The van der Waals surface area contributed by atoms with E-state index in [1.54, 1.807) is 12.3 Å². The van der Waals surface area contributed by atoms with Gasteiger partial charge in [0, 0.05) is 31.6 Å². The molecule has 5 nitrogen and oxygen atoms in total. The Morgan fingerprint density at radius 3 is 2.82 bits per heavy atom. The molecule has 1 aromatic heterocycles. The van der Waals surface area contributed by atoms with E-state index in [0.717, 1.165) is 31.6 Å². The monoisotopic (exact) mass is 235 g/mol. The van der Waals surface area contributed by atoms with Crippen LogP contribution in [0.15, 0.2) is 18.3 Å². The third-order valence-corrected chi connectivity index (χ3v) is 3.23. The third kappa shape index (κ3) is 2.74. The molecule has 17 heavy (non-hydrogen) atoms. The molecule has 5 heteroatoms. The van der Waals surface area contributed by atoms with Gasteiger partial charge in [0.05, 0.1) is 0 Å². The first-order valence-electron chi connectivity index (χ1n) is 5.82. The molecule has 1 amide bonds. The maximum Gasteiger partial charge on any atom is 0.267 e. The number of carbonyl (C=O) groups is 1. The summed E-state index contributed by atoms with van der Waals surface area (Å²) in [6.45, 7) is 2.05. The van der Waals surface area contributed by atoms with Crippen LogP contribution in [0.5, 0.6) is 0 Å². The number of amides is 1. The summed E-state index contributed by atoms with van der Waals surface area (Å²) in [5.74, 6) is -0.0965. The fraction of sp³-hybridized carbons (Fsp3) is 0.500. The van der Waals surface area contributed by atoms with Crippen LogP contribution in [0, 0.1) is 5.92 Å². The topological polar surface area (TPSA) is 79.5 Å². The van der Waals surface area contributed by atoms with E-state index in [-0.39, 0.29) is 6.61 Å². The van der Waals surface area contributed by atoms with Crippen molar-refractivity contribution in [2.24, 2.45) is 11.7 Å². The number of aliphatic hydroxyl groups excluding tert-OH is 1. The lowest BCUT2D eigenvalue weighted by Gasteiger charge is -2.32. The van der Waals surface area contributed by atoms with Gasteiger partial charge >= 0.3 is 0 Å². The van der Waals surface area contributed by atoms with Gasteiger partial charge in [-0.1, -0.05) is 0 Å². The lowest BCUT2D eigenvalue weighted by molar-refractivity contribution is 0.0995. The third-order valence-electron chi connectivity index (χ3n) is 3.23. The Balaban J connectivity index is 2.08. The maximum absolute atomic E-state index is 11.0. The number of nitrogens with two attached hydrogens (primary N) is 1. The fourth-order valence-electron chi connectivity index (χ4n) is 2.12. The first kappa shape index (κ1) is 11.9. The highest BCUT2D eigenvalue weighted by Crippen LogP contribution is 2.22. The smallest absolute Gasteiger partial charge is 0.267 e. The number of nitrogens with zero attached hydrogens (tertiary/aromatic N) is 2. The number of aliphatic hydroxyl groups is 1. The number of aromatic nitrogens is 1. The Labute approximate surface area is 100 Å². The minimum atomic E-state index is -0.503. The maximum atomic E-state index is 11.0. The molecule has 2 heterocycles. The number of pyridine rings is 1. The van der Waals surface area contributed by atoms with E-state index in [4.69, 9.17) is 10.8 Å². The molecule has 0 atom stereocenters. The lowest BCUT2D eigenvalue weighted by atomic mass is 9.97. The Morgan fingerprint density at radius 1 is 1.53 bits per heavy atom. The summed E-state index contributed by atoms with van der Waals surface area (Å²) in [7, 11) is 0. The van der Waals surface area contributed by atoms with E-state index in [9.17, 15) is 4.79 Å². The van der Waals surface area contributed by atoms with Gasteiger partial charge < -0.3 is 15.7 Å². The molecule has 0 bridgehead atoms. The number of piperidine rings is 1. The van der Waals surface area contributed by atoms with Gasteiger partial charge in [0.25, 0.3) is 5.91 Å². The van der Waals surface area contributed by atoms with Crippen molar-refractivity contribution in [3.63, 3.8) is 0 Å². The number of hydrogen-bond acceptors (Lipinski definition) is 4. The summed E-state index contributed by atoms with van der Waals surface area (Å²) in [5, 5.41) is 9.08. The summed E-state index contributed by atoms with van der Waals surface area (Å²) in [5.41, 5.74) is 6.48. The number of hydrogen-bond donors (Lipinski definition) is 2. The van der Waals surface area contributed by atoms with Gasteiger partial charge in [-0.2, -0.15) is 0 Å². The summed E-state index contributed by atoms with van der Waals surface area (Å²) >= 11 is 0. The van der Waals surface area contributed by atoms with E-state index < -0.39 is 5.91 Å². The molecule has 1 fully saturated rings. The van der Waals surface area contributed by atoms with Gasteiger partial charge in [0.2, 0.25) is 0 Å². The van der Waals surface area contributed by atoms with Crippen molar-refractivity contribution in [3.8, 4) is 0 Å². The predicted octanol–water partition coefficient (Wildman–Crippen LogP) is 0.389. The first-order chi connectivity index (χ1) is 8.20. The van der Waals surface area contributed by atoms with Gasteiger partial charge in [-0.15, -0.1) is 0 Å². The van der Waals surface area contributed by atoms with Crippen LogP contribution >= 0.6 is 0 Å². The second-order valence-corrected chi connectivity index (χ2v) is 4.38. The molecule has 0 saturated carbocycles. The van der Waals surface area contributed by atoms with Crippen molar-refractivity contribution in [1.82, 2.24) is 4.98 Å². The molecule has 92 valence electrons. The Kier molecular flexibility index (Phi) is 3.58. The van der Waals surface area contributed by atoms with Crippen molar-refractivity contribution in [3.05, 3.63) is 24.0 Å². The second-order valence-electron chi connectivity index (χ2n) is 4.38. The molecule has 0 unspecified atom stereocenters. The SMILES string of the molecule is NC(=O)c1cc(N2CCC(CO)CC2)ccn1. The second kappa shape index (κ2) is 5.14. The number of rotatable bonds is 3. The van der Waals surface area contributed by atoms with Gasteiger partial charge in [0.15, 0.2) is 0 Å². The molecule has 1 aliphatic heterocycles. The van der Waals surface area contributed by atoms with Crippen molar-refractivity contribution >= 4 is 11.6 Å². The van der Waals surface area contributed by atoms with Crippen LogP contribution < -0.4 is 10.6 Å². The molecule has 0 spiro atoms. The molecule has 3 N–H and O–H groups in total. The normalized spacial score (nSPS) is 17.1. The minimum absolute atomic E-state index is 0.261. The molecule has 1 aliphatic rings. The fourth-order valence-corrected chi connectivity index (χ4v) is 2.12. The van der Waals surface area contributed by atoms with Crippen LogP contribution in [0.1, 0.15) is 23.3 Å². The molecular weight excluding hydrogens is 218 g/mol. The van der Waals surface area contributed by atoms with Gasteiger partial charge in [-0.05, 0) is 30.9 Å². The highest BCUT2D eigenvalue weighted by atomic mass is 16.3. The molecule has 1 aromatic rings. The zero-order valence-corrected chi connectivity index (χ0v) is 9.67. The lowest BCUT2D eigenvalue weighted by Crippen LogP contribution is -2.34. The average Bonchev–Trinajstić information content (AvgIpc) is 2.39. The van der Waals surface area contributed by atoms with Gasteiger partial charge in [0.1, 0.15) is 5.69 Å². The molecular formula is C12H17N3O2. The van der Waals surface area contributed by atoms with Crippen molar-refractivity contribution in [2.45, 2.75) is 12.8 Å². The minimum Gasteiger partial charge on any atom is -0.396 e. The van der Waals surface area contributed by atoms with Crippen molar-refractivity contribution < 1.29 is 9.90 Å². The zero-order chi connectivity index (χ0) is 12.3. The largest absolute Gasteiger partial charge is 0.396 e. The molecule has 1 saturated heterocycles. The molecule has 0 aromatic carbocycles. The number of carbonyl (C=O) groups excluding carboxylic acids is 1. The van der Waals surface area contributed by atoms with Crippen LogP contribution in [0.25, 0.3) is 0 Å². The van der Waals surface area contributed by atoms with Crippen LogP contribution in [-0.2, 0) is 0 Å². The summed E-state index contributed by atoms with van der Waals surface area (Å²) < 4.78 is 0. The van der Waals surface area contributed by atoms with E-state index in [1.807, 2.05) is 6.07 Å². The highest BCUT2D eigenvalue weighted by Gasteiger charge is 2.19. The molecule has 2 rings (SSSR count). The molecule has 0 radical (unpaired) electrons. The first-order valence-corrected chi connectivity index (χ1v) is 5.82. The van der Waals surface area contributed by atoms with Crippen LogP contribution in [0.3, 0.4) is 0 Å². The van der Waals surface area contributed by atoms with E-state index >= 15 is 0 Å². The zero-order valence-electron chi connectivity index (χ0n) is 9.67. The van der Waals surface area contributed by atoms with E-state index in [2.05, 4.69) is 9.88 Å². The molecule has 0 aliphatic carbocycles. The quantitative estimate of drug-likeness (QED) is 0.794. The Bertz CT molecular complexity index is 400. The van der Waals surface area contributed by atoms with Crippen LogP contribution in [0.4, 0.5) is 5.69 Å². The van der Waals surface area contributed by atoms with Crippen molar-refractivity contribution in [2.75, 3.05) is 24.6 Å². The number of primary amides is 1. The predicted molar refractivity (Wildman–Crippen MR) is 64.8 cm³/mol. The van der Waals surface area contributed by atoms with Gasteiger partial charge in [-0.25, -0.2) is 0 Å². The summed E-state index contributed by atoms with van der Waals surface area (Å²) in [6, 6.07) is 3.60.